The van der Waals surface area contributed by atoms with Crippen LogP contribution in [0.2, 0.25) is 0 Å². The lowest BCUT2D eigenvalue weighted by atomic mass is 9.31. The van der Waals surface area contributed by atoms with E-state index in [-0.39, 0.29) is 13.4 Å². The van der Waals surface area contributed by atoms with Gasteiger partial charge in [0.2, 0.25) is 13.4 Å². The van der Waals surface area contributed by atoms with Crippen molar-refractivity contribution in [2.75, 3.05) is 19.6 Å². The molecule has 4 aliphatic rings. The van der Waals surface area contributed by atoms with Gasteiger partial charge < -0.3 is 19.6 Å². The number of hydrogen-bond acceptors (Lipinski definition) is 6. The minimum atomic E-state index is -0.0742. The van der Waals surface area contributed by atoms with Crippen molar-refractivity contribution >= 4 is 160 Å². The molecule has 0 saturated heterocycles. The minimum absolute atomic E-state index is 0.0742. The number of anilines is 12. The van der Waals surface area contributed by atoms with Crippen LogP contribution in [0.3, 0.4) is 0 Å². The molecule has 0 saturated carbocycles. The Kier molecular flexibility index (Phi) is 11.0. The molecule has 82 heavy (non-hydrogen) atoms. The Balaban J connectivity index is 0.985. The van der Waals surface area contributed by atoms with Gasteiger partial charge in [-0.15, -0.1) is 0 Å². The lowest BCUT2D eigenvalue weighted by Crippen LogP contribution is -2.64. The summed E-state index contributed by atoms with van der Waals surface area (Å²) in [5.74, 6) is 0. The summed E-state index contributed by atoms with van der Waals surface area (Å²) >= 11 is 3.83. The summed E-state index contributed by atoms with van der Waals surface area (Å²) in [7, 11) is 0. The fourth-order valence-electron chi connectivity index (χ4n) is 13.5. The Bertz CT molecular complexity index is 4290. The molecule has 0 atom stereocenters. The SMILES string of the molecule is c1ccc(N(c2ccccc2)c2cc3c4c(c2)N(c2ccccc2)c2cc5c(cc2B4c2cc4ccccc4cc2S3)B2c3cc4ccccc4cc3Sc3cc(N(c4ccccc4)c4ccccc4)cc(c32)N5c2ccccc2)cc1. The number of benzene rings is 13. The van der Waals surface area contributed by atoms with Crippen LogP contribution in [0.5, 0.6) is 0 Å². The van der Waals surface area contributed by atoms with Crippen molar-refractivity contribution in [2.24, 2.45) is 0 Å². The molecule has 4 heterocycles. The quantitative estimate of drug-likeness (QED) is 0.140. The second-order valence-electron chi connectivity index (χ2n) is 21.6. The van der Waals surface area contributed by atoms with Gasteiger partial charge in [0.1, 0.15) is 0 Å². The average molecular weight is 1080 g/mol. The fraction of sp³-hybridized carbons (Fsp3) is 0. The van der Waals surface area contributed by atoms with Crippen molar-refractivity contribution in [1.29, 1.82) is 0 Å². The van der Waals surface area contributed by atoms with E-state index in [0.717, 1.165) is 45.5 Å². The van der Waals surface area contributed by atoms with Crippen LogP contribution in [0.25, 0.3) is 21.5 Å². The summed E-state index contributed by atoms with van der Waals surface area (Å²) in [5, 5.41) is 5.00. The molecule has 0 N–H and O–H groups in total. The Labute approximate surface area is 486 Å². The fourth-order valence-corrected chi connectivity index (χ4v) is 16.0. The summed E-state index contributed by atoms with van der Waals surface area (Å²) in [6.45, 7) is -0.148. The minimum Gasteiger partial charge on any atom is -0.311 e. The second kappa shape index (κ2) is 19.0. The topological polar surface area (TPSA) is 13.0 Å². The van der Waals surface area contributed by atoms with Gasteiger partial charge in [0.15, 0.2) is 0 Å². The monoisotopic (exact) mass is 1080 g/mol. The Hall–Kier alpha value is -9.59. The molecule has 0 fully saturated rings. The highest BCUT2D eigenvalue weighted by Crippen LogP contribution is 2.51. The molecule has 0 aliphatic carbocycles. The summed E-state index contributed by atoms with van der Waals surface area (Å²) < 4.78 is 0. The number of fused-ring (bicyclic) bond motifs is 10. The Morgan fingerprint density at radius 1 is 0.244 bits per heavy atom. The number of nitrogens with zero attached hydrogens (tertiary/aromatic N) is 4. The third kappa shape index (κ3) is 7.52. The molecular weight excluding hydrogens is 1030 g/mol. The molecule has 0 bridgehead atoms. The molecule has 17 rings (SSSR count). The molecule has 8 heteroatoms. The molecule has 0 unspecified atom stereocenters. The first-order valence-corrected chi connectivity index (χ1v) is 29.8. The van der Waals surface area contributed by atoms with E-state index < -0.39 is 0 Å². The van der Waals surface area contributed by atoms with Crippen LogP contribution in [-0.2, 0) is 0 Å². The van der Waals surface area contributed by atoms with Crippen LogP contribution in [0.4, 0.5) is 68.2 Å². The van der Waals surface area contributed by atoms with Crippen LogP contribution in [-0.4, -0.2) is 13.4 Å². The van der Waals surface area contributed by atoms with Crippen molar-refractivity contribution in [2.45, 2.75) is 19.6 Å². The van der Waals surface area contributed by atoms with E-state index in [1.54, 1.807) is 0 Å². The van der Waals surface area contributed by atoms with Crippen LogP contribution in [0.1, 0.15) is 0 Å². The highest BCUT2D eigenvalue weighted by molar-refractivity contribution is 8.00. The zero-order chi connectivity index (χ0) is 53.8. The molecule has 4 aliphatic heterocycles. The number of para-hydroxylation sites is 6. The van der Waals surface area contributed by atoms with E-state index in [2.05, 4.69) is 311 Å². The average Bonchev–Trinajstić information content (AvgIpc) is 0.937. The van der Waals surface area contributed by atoms with E-state index >= 15 is 0 Å². The lowest BCUT2D eigenvalue weighted by molar-refractivity contribution is 1.21. The maximum atomic E-state index is 2.65. The van der Waals surface area contributed by atoms with Crippen molar-refractivity contribution in [3.8, 4) is 0 Å². The highest BCUT2D eigenvalue weighted by Gasteiger charge is 2.47. The standard InChI is InChI=1S/C74H48B2N4S2/c1-7-27-53(28-8-1)77(54-29-9-2-10-30-54)59-43-67-73-71(45-59)81-69-41-51-25-21-19-23-49(51)39-63(69)75(73)61-47-62-66(48-65(61)79(67)57-35-15-5-16-36-57)80(58-37-17-6-18-38-58)68-44-60(78(55-31-11-3-12-32-55)56-33-13-4-14-34-56)46-72-74(68)76(62)64-40-50-24-20-22-26-52(50)42-70(64)82-72/h1-48H. The van der Waals surface area contributed by atoms with Gasteiger partial charge in [-0.1, -0.05) is 210 Å². The largest absolute Gasteiger partial charge is 0.311 e. The smallest absolute Gasteiger partial charge is 0.249 e. The summed E-state index contributed by atoms with van der Waals surface area (Å²) in [6, 6.07) is 108. The van der Waals surface area contributed by atoms with Gasteiger partial charge in [-0.25, -0.2) is 0 Å². The van der Waals surface area contributed by atoms with Crippen molar-refractivity contribution in [3.63, 3.8) is 0 Å². The van der Waals surface area contributed by atoms with Gasteiger partial charge in [0, 0.05) is 87.8 Å². The van der Waals surface area contributed by atoms with Gasteiger partial charge >= 0.3 is 0 Å². The molecule has 13 aromatic carbocycles. The molecule has 382 valence electrons. The second-order valence-corrected chi connectivity index (χ2v) is 23.8. The first-order valence-electron chi connectivity index (χ1n) is 28.1. The zero-order valence-corrected chi connectivity index (χ0v) is 46.1. The highest BCUT2D eigenvalue weighted by atomic mass is 32.2. The Morgan fingerprint density at radius 3 is 0.915 bits per heavy atom. The van der Waals surface area contributed by atoms with Crippen LogP contribution >= 0.6 is 23.5 Å². The third-order valence-corrected chi connectivity index (χ3v) is 19.2. The predicted molar refractivity (Wildman–Crippen MR) is 351 cm³/mol. The normalized spacial score (nSPS) is 13.2. The van der Waals surface area contributed by atoms with Crippen LogP contribution in [0.15, 0.2) is 311 Å². The van der Waals surface area contributed by atoms with Crippen molar-refractivity contribution in [3.05, 3.63) is 291 Å². The van der Waals surface area contributed by atoms with Crippen molar-refractivity contribution < 1.29 is 0 Å². The number of rotatable bonds is 8. The molecule has 4 nitrogen and oxygen atoms in total. The molecule has 0 amide bonds. The summed E-state index contributed by atoms with van der Waals surface area (Å²) in [4.78, 5) is 15.1. The van der Waals surface area contributed by atoms with Gasteiger partial charge in [-0.3, -0.25) is 0 Å². The van der Waals surface area contributed by atoms with Crippen molar-refractivity contribution in [1.82, 2.24) is 0 Å². The van der Waals surface area contributed by atoms with E-state index in [0.29, 0.717) is 0 Å². The zero-order valence-electron chi connectivity index (χ0n) is 44.5. The molecule has 13 aromatic rings. The predicted octanol–water partition coefficient (Wildman–Crippen LogP) is 16.5. The van der Waals surface area contributed by atoms with Crippen LogP contribution in [0, 0.1) is 0 Å². The lowest BCUT2D eigenvalue weighted by Gasteiger charge is -2.45. The number of hydrogen-bond donors (Lipinski definition) is 0. The molecule has 0 aromatic heterocycles. The maximum Gasteiger partial charge on any atom is 0.249 e. The van der Waals surface area contributed by atoms with Gasteiger partial charge in [0.25, 0.3) is 0 Å². The van der Waals surface area contributed by atoms with Gasteiger partial charge in [-0.2, -0.15) is 0 Å². The third-order valence-electron chi connectivity index (χ3n) is 17.0. The van der Waals surface area contributed by atoms with Gasteiger partial charge in [-0.05, 0) is 159 Å². The Morgan fingerprint density at radius 2 is 0.561 bits per heavy atom. The first kappa shape index (κ1) is 47.2. The summed E-state index contributed by atoms with van der Waals surface area (Å²) in [5.41, 5.74) is 21.5. The van der Waals surface area contributed by atoms with E-state index in [1.165, 1.54) is 96.7 Å². The first-order chi connectivity index (χ1) is 40.7. The van der Waals surface area contributed by atoms with E-state index in [1.807, 2.05) is 23.5 Å². The van der Waals surface area contributed by atoms with Gasteiger partial charge in [0.05, 0.1) is 0 Å². The molecule has 0 radical (unpaired) electrons. The molecular formula is C74H48B2N4S2. The maximum absolute atomic E-state index is 2.65. The molecule has 0 spiro atoms. The van der Waals surface area contributed by atoms with E-state index in [4.69, 9.17) is 0 Å². The van der Waals surface area contributed by atoms with Crippen LogP contribution < -0.4 is 52.4 Å². The summed E-state index contributed by atoms with van der Waals surface area (Å²) in [6.07, 6.45) is 0. The van der Waals surface area contributed by atoms with E-state index in [9.17, 15) is 0 Å².